The zero-order chi connectivity index (χ0) is 13.0. The van der Waals surface area contributed by atoms with Crippen LogP contribution in [0.1, 0.15) is 30.0 Å². The van der Waals surface area contributed by atoms with Gasteiger partial charge in [-0.05, 0) is 36.8 Å². The van der Waals surface area contributed by atoms with Crippen LogP contribution >= 0.6 is 11.6 Å². The molecule has 0 unspecified atom stereocenters. The van der Waals surface area contributed by atoms with Gasteiger partial charge in [-0.1, -0.05) is 23.7 Å². The van der Waals surface area contributed by atoms with Crippen LogP contribution in [0.15, 0.2) is 40.8 Å². The number of rotatable bonds is 4. The number of halogens is 1. The van der Waals surface area contributed by atoms with Crippen molar-refractivity contribution in [1.82, 2.24) is 5.32 Å². The van der Waals surface area contributed by atoms with E-state index in [1.54, 1.807) is 12.1 Å². The number of furan rings is 1. The van der Waals surface area contributed by atoms with Crippen LogP contribution in [0.4, 0.5) is 0 Å². The van der Waals surface area contributed by atoms with Gasteiger partial charge in [0, 0.05) is 11.1 Å². The lowest BCUT2D eigenvalue weighted by Gasteiger charge is -2.13. The van der Waals surface area contributed by atoms with Gasteiger partial charge in [-0.15, -0.1) is 0 Å². The van der Waals surface area contributed by atoms with Crippen molar-refractivity contribution in [3.63, 3.8) is 0 Å². The summed E-state index contributed by atoms with van der Waals surface area (Å²) in [7, 11) is 0. The maximum absolute atomic E-state index is 8.66. The second kappa shape index (κ2) is 5.72. The molecule has 92 valence electrons. The average Bonchev–Trinajstić information content (AvgIpc) is 2.85. The molecule has 0 aliphatic heterocycles. The molecule has 2 rings (SSSR count). The molecule has 1 aromatic carbocycles. The molecule has 0 saturated carbocycles. The van der Waals surface area contributed by atoms with Crippen molar-refractivity contribution in [2.24, 2.45) is 0 Å². The quantitative estimate of drug-likeness (QED) is 0.913. The fourth-order valence-electron chi connectivity index (χ4n) is 1.66. The van der Waals surface area contributed by atoms with Gasteiger partial charge in [-0.3, -0.25) is 0 Å². The zero-order valence-electron chi connectivity index (χ0n) is 9.98. The van der Waals surface area contributed by atoms with E-state index in [0.29, 0.717) is 12.3 Å². The van der Waals surface area contributed by atoms with E-state index in [1.165, 1.54) is 0 Å². The van der Waals surface area contributed by atoms with Crippen molar-refractivity contribution < 1.29 is 4.42 Å². The van der Waals surface area contributed by atoms with Crippen LogP contribution in [-0.4, -0.2) is 0 Å². The largest absolute Gasteiger partial charge is 0.449 e. The highest BCUT2D eigenvalue weighted by Crippen LogP contribution is 2.17. The highest BCUT2D eigenvalue weighted by molar-refractivity contribution is 6.30. The summed E-state index contributed by atoms with van der Waals surface area (Å²) in [6.07, 6.45) is 0. The minimum Gasteiger partial charge on any atom is -0.449 e. The molecule has 1 atom stereocenters. The molecule has 0 aliphatic rings. The Bertz CT molecular complexity index is 554. The van der Waals surface area contributed by atoms with E-state index < -0.39 is 0 Å². The van der Waals surface area contributed by atoms with E-state index in [-0.39, 0.29) is 6.04 Å². The topological polar surface area (TPSA) is 49.0 Å². The van der Waals surface area contributed by atoms with Crippen molar-refractivity contribution in [2.75, 3.05) is 0 Å². The molecule has 1 N–H and O–H groups in total. The van der Waals surface area contributed by atoms with Crippen LogP contribution in [0, 0.1) is 11.3 Å². The van der Waals surface area contributed by atoms with Gasteiger partial charge in [-0.2, -0.15) is 5.26 Å². The number of nitrogens with zero attached hydrogens (tertiary/aromatic N) is 1. The van der Waals surface area contributed by atoms with Gasteiger partial charge in [0.1, 0.15) is 11.8 Å². The third kappa shape index (κ3) is 3.13. The fraction of sp³-hybridized carbons (Fsp3) is 0.214. The Kier molecular flexibility index (Phi) is 4.03. The highest BCUT2D eigenvalue weighted by atomic mass is 35.5. The first kappa shape index (κ1) is 12.7. The average molecular weight is 261 g/mol. The summed E-state index contributed by atoms with van der Waals surface area (Å²) in [6, 6.07) is 13.4. The van der Waals surface area contributed by atoms with Crippen LogP contribution in [0.3, 0.4) is 0 Å². The lowest BCUT2D eigenvalue weighted by molar-refractivity contribution is 0.453. The molecule has 0 aliphatic carbocycles. The number of benzene rings is 1. The molecule has 0 amide bonds. The first-order chi connectivity index (χ1) is 8.69. The standard InChI is InChI=1S/C14H13ClN2O/c1-10(11-2-4-12(15)5-3-11)17-9-14-7-6-13(8-16)18-14/h2-7,10,17H,9H2,1H3/t10-/m0/s1. The predicted molar refractivity (Wildman–Crippen MR) is 70.1 cm³/mol. The van der Waals surface area contributed by atoms with Crippen molar-refractivity contribution in [1.29, 1.82) is 5.26 Å². The van der Waals surface area contributed by atoms with Gasteiger partial charge in [0.25, 0.3) is 0 Å². The minimum absolute atomic E-state index is 0.193. The van der Waals surface area contributed by atoms with Crippen molar-refractivity contribution in [2.45, 2.75) is 19.5 Å². The molecule has 0 saturated heterocycles. The van der Waals surface area contributed by atoms with E-state index >= 15 is 0 Å². The van der Waals surface area contributed by atoms with Crippen LogP contribution < -0.4 is 5.32 Å². The SMILES string of the molecule is C[C@H](NCc1ccc(C#N)o1)c1ccc(Cl)cc1. The van der Waals surface area contributed by atoms with E-state index in [2.05, 4.69) is 12.2 Å². The normalized spacial score (nSPS) is 12.1. The molecule has 1 aromatic heterocycles. The molecule has 0 spiro atoms. The molecule has 1 heterocycles. The van der Waals surface area contributed by atoms with E-state index in [1.807, 2.05) is 30.3 Å². The van der Waals surface area contributed by atoms with Crippen LogP contribution in [-0.2, 0) is 6.54 Å². The van der Waals surface area contributed by atoms with Gasteiger partial charge in [0.05, 0.1) is 6.54 Å². The molecular weight excluding hydrogens is 248 g/mol. The first-order valence-corrected chi connectivity index (χ1v) is 6.04. The molecule has 4 heteroatoms. The third-order valence-corrected chi connectivity index (χ3v) is 2.98. The fourth-order valence-corrected chi connectivity index (χ4v) is 1.78. The summed E-state index contributed by atoms with van der Waals surface area (Å²) in [5, 5.41) is 12.7. The zero-order valence-corrected chi connectivity index (χ0v) is 10.7. The van der Waals surface area contributed by atoms with Crippen molar-refractivity contribution in [3.05, 3.63) is 58.5 Å². The summed E-state index contributed by atoms with van der Waals surface area (Å²) in [5.41, 5.74) is 1.16. The monoisotopic (exact) mass is 260 g/mol. The van der Waals surface area contributed by atoms with Gasteiger partial charge < -0.3 is 9.73 Å². The Hall–Kier alpha value is -1.76. The van der Waals surface area contributed by atoms with E-state index in [0.717, 1.165) is 16.3 Å². The molecule has 18 heavy (non-hydrogen) atoms. The van der Waals surface area contributed by atoms with Crippen molar-refractivity contribution in [3.8, 4) is 6.07 Å². The van der Waals surface area contributed by atoms with Gasteiger partial charge in [0.2, 0.25) is 5.76 Å². The first-order valence-electron chi connectivity index (χ1n) is 5.66. The molecular formula is C14H13ClN2O. The summed E-state index contributed by atoms with van der Waals surface area (Å²) >= 11 is 5.84. The summed E-state index contributed by atoms with van der Waals surface area (Å²) < 4.78 is 5.29. The maximum atomic E-state index is 8.66. The number of hydrogen-bond acceptors (Lipinski definition) is 3. The lowest BCUT2D eigenvalue weighted by atomic mass is 10.1. The Balaban J connectivity index is 1.94. The molecule has 0 fully saturated rings. The van der Waals surface area contributed by atoms with Crippen LogP contribution in [0.2, 0.25) is 5.02 Å². The lowest BCUT2D eigenvalue weighted by Crippen LogP contribution is -2.17. The van der Waals surface area contributed by atoms with E-state index in [9.17, 15) is 0 Å². The van der Waals surface area contributed by atoms with Crippen LogP contribution in [0.5, 0.6) is 0 Å². The minimum atomic E-state index is 0.193. The van der Waals surface area contributed by atoms with Gasteiger partial charge in [-0.25, -0.2) is 0 Å². The Morgan fingerprint density at radius 3 is 2.61 bits per heavy atom. The van der Waals surface area contributed by atoms with Crippen LogP contribution in [0.25, 0.3) is 0 Å². The Morgan fingerprint density at radius 1 is 1.28 bits per heavy atom. The van der Waals surface area contributed by atoms with Crippen molar-refractivity contribution >= 4 is 11.6 Å². The number of hydrogen-bond donors (Lipinski definition) is 1. The number of nitriles is 1. The number of nitrogens with one attached hydrogen (secondary N) is 1. The molecule has 0 radical (unpaired) electrons. The summed E-state index contributed by atoms with van der Waals surface area (Å²) in [4.78, 5) is 0. The Labute approximate surface area is 111 Å². The molecule has 2 aromatic rings. The van der Waals surface area contributed by atoms with Gasteiger partial charge >= 0.3 is 0 Å². The highest BCUT2D eigenvalue weighted by Gasteiger charge is 2.06. The third-order valence-electron chi connectivity index (χ3n) is 2.72. The summed E-state index contributed by atoms with van der Waals surface area (Å²) in [6.45, 7) is 2.66. The molecule has 3 nitrogen and oxygen atoms in total. The van der Waals surface area contributed by atoms with E-state index in [4.69, 9.17) is 21.3 Å². The second-order valence-electron chi connectivity index (χ2n) is 4.03. The smallest absolute Gasteiger partial charge is 0.203 e. The second-order valence-corrected chi connectivity index (χ2v) is 4.47. The van der Waals surface area contributed by atoms with Gasteiger partial charge in [0.15, 0.2) is 0 Å². The predicted octanol–water partition coefficient (Wildman–Crippen LogP) is 3.66. The molecule has 0 bridgehead atoms. The Morgan fingerprint density at radius 2 is 2.00 bits per heavy atom. The maximum Gasteiger partial charge on any atom is 0.203 e. The summed E-state index contributed by atoms with van der Waals surface area (Å²) in [5.74, 6) is 1.10.